The van der Waals surface area contributed by atoms with Crippen LogP contribution >= 0.6 is 0 Å². The van der Waals surface area contributed by atoms with E-state index in [1.54, 1.807) is 0 Å². The number of hydrogen-bond acceptors (Lipinski definition) is 0. The number of rotatable bonds is 1. The van der Waals surface area contributed by atoms with E-state index in [-0.39, 0.29) is 0 Å². The molecule has 0 nitrogen and oxygen atoms in total. The molecule has 0 amide bonds. The van der Waals surface area contributed by atoms with Crippen LogP contribution in [0.2, 0.25) is 0 Å². The molecule has 0 unspecified atom stereocenters. The Morgan fingerprint density at radius 2 is 1.62 bits per heavy atom. The Labute approximate surface area is 96.3 Å². The second-order valence-corrected chi connectivity index (χ2v) is 4.15. The minimum atomic E-state index is 1.32. The summed E-state index contributed by atoms with van der Waals surface area (Å²) in [4.78, 5) is 0. The molecule has 0 heterocycles. The summed E-state index contributed by atoms with van der Waals surface area (Å²) in [5.41, 5.74) is 6.66. The van der Waals surface area contributed by atoms with E-state index < -0.39 is 0 Å². The van der Waals surface area contributed by atoms with Crippen molar-refractivity contribution in [2.45, 2.75) is 6.92 Å². The highest BCUT2D eigenvalue weighted by Crippen LogP contribution is 2.33. The average molecular weight is 205 g/mol. The predicted octanol–water partition coefficient (Wildman–Crippen LogP) is 4.24. The van der Waals surface area contributed by atoms with Crippen molar-refractivity contribution in [3.8, 4) is 11.1 Å². The lowest BCUT2D eigenvalue weighted by atomic mass is 9.94. The second-order valence-electron chi connectivity index (χ2n) is 4.15. The molecule has 1 aliphatic rings. The molecule has 2 aromatic carbocycles. The van der Waals surface area contributed by atoms with Crippen LogP contribution in [0.25, 0.3) is 17.2 Å². The normalized spacial score (nSPS) is 12.8. The predicted molar refractivity (Wildman–Crippen MR) is 69.1 cm³/mol. The molecule has 3 rings (SSSR count). The molecule has 2 aromatic rings. The fourth-order valence-electron chi connectivity index (χ4n) is 2.27. The van der Waals surface area contributed by atoms with Gasteiger partial charge in [0.2, 0.25) is 0 Å². The van der Waals surface area contributed by atoms with Crippen LogP contribution in [-0.4, -0.2) is 0 Å². The van der Waals surface area contributed by atoms with Gasteiger partial charge in [-0.25, -0.2) is 0 Å². The van der Waals surface area contributed by atoms with Crippen LogP contribution in [0.15, 0.2) is 48.5 Å². The highest BCUT2D eigenvalue weighted by molar-refractivity contribution is 5.82. The third kappa shape index (κ3) is 1.38. The van der Waals surface area contributed by atoms with Gasteiger partial charge in [0.15, 0.2) is 0 Å². The molecule has 16 heavy (non-hydrogen) atoms. The summed E-state index contributed by atoms with van der Waals surface area (Å²) in [6, 6.07) is 15.0. The summed E-state index contributed by atoms with van der Waals surface area (Å²) < 4.78 is 0. The summed E-state index contributed by atoms with van der Waals surface area (Å²) in [6.07, 6.45) is 6.47. The molecule has 77 valence electrons. The summed E-state index contributed by atoms with van der Waals surface area (Å²) in [5.74, 6) is 0. The number of fused-ring (bicyclic) bond motifs is 1. The molecule has 0 aromatic heterocycles. The van der Waals surface area contributed by atoms with E-state index in [1.807, 2.05) is 0 Å². The standard InChI is InChI=1S/C16H13/c1-12-6-2-3-9-14(12)16-11-5-8-13-7-4-10-15(13)16/h2-11H,1H3. The van der Waals surface area contributed by atoms with Crippen molar-refractivity contribution in [3.63, 3.8) is 0 Å². The zero-order valence-corrected chi connectivity index (χ0v) is 9.27. The van der Waals surface area contributed by atoms with Crippen LogP contribution in [0.5, 0.6) is 0 Å². The highest BCUT2D eigenvalue weighted by atomic mass is 14.2. The highest BCUT2D eigenvalue weighted by Gasteiger charge is 2.11. The number of benzene rings is 2. The third-order valence-electron chi connectivity index (χ3n) is 3.11. The van der Waals surface area contributed by atoms with Gasteiger partial charge in [-0.05, 0) is 34.7 Å². The summed E-state index contributed by atoms with van der Waals surface area (Å²) in [7, 11) is 0. The summed E-state index contributed by atoms with van der Waals surface area (Å²) in [6.45, 7) is 2.16. The third-order valence-corrected chi connectivity index (χ3v) is 3.11. The number of hydrogen-bond donors (Lipinski definition) is 0. The Morgan fingerprint density at radius 3 is 2.50 bits per heavy atom. The lowest BCUT2D eigenvalue weighted by Gasteiger charge is -2.10. The zero-order valence-electron chi connectivity index (χ0n) is 9.27. The maximum absolute atomic E-state index is 2.20. The molecule has 0 spiro atoms. The SMILES string of the molecule is Cc1ccccc1-c1cccc2c1C=C[CH]2. The van der Waals surface area contributed by atoms with Gasteiger partial charge in [0.05, 0.1) is 0 Å². The van der Waals surface area contributed by atoms with Crippen molar-refractivity contribution in [1.29, 1.82) is 0 Å². The molecular formula is C16H13. The van der Waals surface area contributed by atoms with E-state index in [0.717, 1.165) is 0 Å². The van der Waals surface area contributed by atoms with E-state index >= 15 is 0 Å². The summed E-state index contributed by atoms with van der Waals surface area (Å²) in [5, 5.41) is 0. The first-order valence-electron chi connectivity index (χ1n) is 5.57. The van der Waals surface area contributed by atoms with Crippen LogP contribution in [0.4, 0.5) is 0 Å². The Balaban J connectivity index is 2.25. The van der Waals surface area contributed by atoms with Crippen LogP contribution in [0.3, 0.4) is 0 Å². The molecule has 0 saturated heterocycles. The Kier molecular flexibility index (Phi) is 2.14. The Morgan fingerprint density at radius 1 is 0.812 bits per heavy atom. The first kappa shape index (κ1) is 9.41. The smallest absolute Gasteiger partial charge is 0.0131 e. The van der Waals surface area contributed by atoms with Gasteiger partial charge >= 0.3 is 0 Å². The molecule has 0 N–H and O–H groups in total. The Hall–Kier alpha value is -1.82. The van der Waals surface area contributed by atoms with E-state index in [0.29, 0.717) is 0 Å². The van der Waals surface area contributed by atoms with Gasteiger partial charge in [-0.3, -0.25) is 0 Å². The largest absolute Gasteiger partial charge is 0.0754 e. The van der Waals surface area contributed by atoms with Crippen LogP contribution in [-0.2, 0) is 0 Å². The molecule has 1 aliphatic carbocycles. The van der Waals surface area contributed by atoms with Gasteiger partial charge in [0.1, 0.15) is 0 Å². The maximum atomic E-state index is 2.20. The maximum Gasteiger partial charge on any atom is 0.0131 e. The van der Waals surface area contributed by atoms with Gasteiger partial charge in [0.25, 0.3) is 0 Å². The Bertz CT molecular complexity index is 562. The first-order chi connectivity index (χ1) is 7.86. The molecule has 0 atom stereocenters. The number of aryl methyl sites for hydroxylation is 1. The average Bonchev–Trinajstić information content (AvgIpc) is 2.77. The lowest BCUT2D eigenvalue weighted by Crippen LogP contribution is -1.88. The van der Waals surface area contributed by atoms with Gasteiger partial charge in [-0.1, -0.05) is 54.6 Å². The topological polar surface area (TPSA) is 0 Å². The molecular weight excluding hydrogens is 192 g/mol. The van der Waals surface area contributed by atoms with E-state index in [2.05, 4.69) is 68.0 Å². The molecule has 0 heteroatoms. The molecule has 0 saturated carbocycles. The first-order valence-corrected chi connectivity index (χ1v) is 5.57. The van der Waals surface area contributed by atoms with Crippen molar-refractivity contribution < 1.29 is 0 Å². The monoisotopic (exact) mass is 205 g/mol. The van der Waals surface area contributed by atoms with E-state index in [4.69, 9.17) is 0 Å². The van der Waals surface area contributed by atoms with Gasteiger partial charge in [0, 0.05) is 6.42 Å². The van der Waals surface area contributed by atoms with Crippen molar-refractivity contribution in [2.24, 2.45) is 0 Å². The van der Waals surface area contributed by atoms with E-state index in [1.165, 1.54) is 27.8 Å². The van der Waals surface area contributed by atoms with Gasteiger partial charge in [-0.2, -0.15) is 0 Å². The zero-order chi connectivity index (χ0) is 11.0. The van der Waals surface area contributed by atoms with Gasteiger partial charge < -0.3 is 0 Å². The van der Waals surface area contributed by atoms with Crippen LogP contribution < -0.4 is 0 Å². The molecule has 0 fully saturated rings. The second kappa shape index (κ2) is 3.64. The van der Waals surface area contributed by atoms with Crippen molar-refractivity contribution in [2.75, 3.05) is 0 Å². The quantitative estimate of drug-likeness (QED) is 0.653. The number of allylic oxidation sites excluding steroid dienone is 1. The molecule has 0 aliphatic heterocycles. The van der Waals surface area contributed by atoms with Crippen LogP contribution in [0, 0.1) is 13.3 Å². The fraction of sp³-hybridized carbons (Fsp3) is 0.0625. The van der Waals surface area contributed by atoms with Crippen molar-refractivity contribution >= 4 is 6.08 Å². The minimum Gasteiger partial charge on any atom is -0.0754 e. The summed E-state index contributed by atoms with van der Waals surface area (Å²) >= 11 is 0. The van der Waals surface area contributed by atoms with Crippen LogP contribution in [0.1, 0.15) is 16.7 Å². The minimum absolute atomic E-state index is 1.32. The fourth-order valence-corrected chi connectivity index (χ4v) is 2.27. The van der Waals surface area contributed by atoms with Crippen molar-refractivity contribution in [1.82, 2.24) is 0 Å². The van der Waals surface area contributed by atoms with Crippen molar-refractivity contribution in [3.05, 3.63) is 71.7 Å². The van der Waals surface area contributed by atoms with Gasteiger partial charge in [-0.15, -0.1) is 0 Å². The molecule has 1 radical (unpaired) electrons. The molecule has 0 bridgehead atoms. The van der Waals surface area contributed by atoms with E-state index in [9.17, 15) is 0 Å². The lowest BCUT2D eigenvalue weighted by molar-refractivity contribution is 1.44.